The number of aromatic nitrogens is 1. The molecule has 5 N–H and O–H groups in total. The number of benzene rings is 2. The number of aryl methyl sites for hydroxylation is 1. The quantitative estimate of drug-likeness (QED) is 0.610. The van der Waals surface area contributed by atoms with E-state index in [1.54, 1.807) is 4.57 Å². The number of nitrogens with two attached hydrogens (primary N) is 2. The van der Waals surface area contributed by atoms with Gasteiger partial charge in [0.1, 0.15) is 29.8 Å². The van der Waals surface area contributed by atoms with Crippen LogP contribution in [0.1, 0.15) is 24.5 Å². The molecule has 7 heteroatoms. The van der Waals surface area contributed by atoms with Crippen molar-refractivity contribution in [2.75, 3.05) is 11.1 Å². The van der Waals surface area contributed by atoms with Gasteiger partial charge in [-0.3, -0.25) is 4.79 Å². The number of carbonyl (C=O) groups excluding carboxylic acids is 1. The zero-order valence-electron chi connectivity index (χ0n) is 15.9. The fraction of sp³-hybridized carbons (Fsp3) is 0.238. The second-order valence-electron chi connectivity index (χ2n) is 6.60. The molecule has 3 rings (SSSR count). The topological polar surface area (TPSA) is 119 Å². The lowest BCUT2D eigenvalue weighted by atomic mass is 10.1. The van der Waals surface area contributed by atoms with Crippen molar-refractivity contribution in [2.24, 2.45) is 12.8 Å². The lowest BCUT2D eigenvalue weighted by molar-refractivity contribution is -0.117. The molecule has 144 valence electrons. The van der Waals surface area contributed by atoms with E-state index in [0.717, 1.165) is 16.5 Å². The van der Waals surface area contributed by atoms with E-state index >= 15 is 0 Å². The van der Waals surface area contributed by atoms with Crippen LogP contribution in [0, 0.1) is 11.3 Å². The summed E-state index contributed by atoms with van der Waals surface area (Å²) in [5, 5.41) is 12.9. The Morgan fingerprint density at radius 1 is 1.32 bits per heavy atom. The summed E-state index contributed by atoms with van der Waals surface area (Å²) in [6.45, 7) is 2.18. The zero-order chi connectivity index (χ0) is 20.3. The molecule has 1 atom stereocenters. The fourth-order valence-corrected chi connectivity index (χ4v) is 2.98. The Kier molecular flexibility index (Phi) is 5.52. The lowest BCUT2D eigenvalue weighted by Crippen LogP contribution is -2.34. The largest absolute Gasteiger partial charge is 0.489 e. The third-order valence-electron chi connectivity index (χ3n) is 4.70. The molecule has 0 aliphatic rings. The minimum Gasteiger partial charge on any atom is -0.489 e. The summed E-state index contributed by atoms with van der Waals surface area (Å²) in [7, 11) is 1.82. The zero-order valence-corrected chi connectivity index (χ0v) is 15.9. The summed E-state index contributed by atoms with van der Waals surface area (Å²) in [5.74, 6) is 0.858. The van der Waals surface area contributed by atoms with Crippen LogP contribution in [0.3, 0.4) is 0 Å². The molecule has 2 aromatic carbocycles. The summed E-state index contributed by atoms with van der Waals surface area (Å²) < 4.78 is 7.66. The van der Waals surface area contributed by atoms with Crippen LogP contribution >= 0.6 is 0 Å². The number of amides is 1. The van der Waals surface area contributed by atoms with E-state index in [2.05, 4.69) is 11.4 Å². The predicted octanol–water partition coefficient (Wildman–Crippen LogP) is 2.89. The summed E-state index contributed by atoms with van der Waals surface area (Å²) >= 11 is 0. The Morgan fingerprint density at radius 3 is 2.82 bits per heavy atom. The molecule has 0 radical (unpaired) electrons. The number of rotatable bonds is 6. The van der Waals surface area contributed by atoms with Crippen LogP contribution in [0.4, 0.5) is 11.5 Å². The Balaban J connectivity index is 1.75. The van der Waals surface area contributed by atoms with Crippen LogP contribution in [0.25, 0.3) is 10.9 Å². The normalized spacial score (nSPS) is 11.8. The van der Waals surface area contributed by atoms with Gasteiger partial charge in [-0.05, 0) is 42.3 Å². The minimum absolute atomic E-state index is 0.211. The van der Waals surface area contributed by atoms with Crippen molar-refractivity contribution in [2.45, 2.75) is 26.0 Å². The van der Waals surface area contributed by atoms with Gasteiger partial charge in [0.05, 0.1) is 11.6 Å². The molecule has 0 bridgehead atoms. The van der Waals surface area contributed by atoms with E-state index < -0.39 is 6.04 Å². The summed E-state index contributed by atoms with van der Waals surface area (Å²) in [4.78, 5) is 11.9. The monoisotopic (exact) mass is 377 g/mol. The highest BCUT2D eigenvalue weighted by Gasteiger charge is 2.14. The highest BCUT2D eigenvalue weighted by atomic mass is 16.5. The van der Waals surface area contributed by atoms with Crippen LogP contribution in [0.15, 0.2) is 42.5 Å². The number of nitriles is 1. The summed E-state index contributed by atoms with van der Waals surface area (Å²) in [6, 6.07) is 14.6. The third-order valence-corrected chi connectivity index (χ3v) is 4.70. The number of fused-ring (bicyclic) bond motifs is 1. The number of carbonyl (C=O) groups is 1. The first-order valence-corrected chi connectivity index (χ1v) is 9.00. The molecule has 1 heterocycles. The molecule has 0 aliphatic carbocycles. The van der Waals surface area contributed by atoms with Gasteiger partial charge >= 0.3 is 0 Å². The van der Waals surface area contributed by atoms with Crippen LogP contribution in [-0.4, -0.2) is 16.5 Å². The van der Waals surface area contributed by atoms with E-state index in [-0.39, 0.29) is 5.91 Å². The average Bonchev–Trinajstić information content (AvgIpc) is 2.95. The maximum absolute atomic E-state index is 11.9. The van der Waals surface area contributed by atoms with Gasteiger partial charge in [-0.1, -0.05) is 19.1 Å². The number of nitrogens with one attached hydrogen (secondary N) is 1. The molecule has 0 fully saturated rings. The third kappa shape index (κ3) is 3.77. The number of nitrogens with zero attached hydrogens (tertiary/aromatic N) is 2. The fourth-order valence-electron chi connectivity index (χ4n) is 2.98. The molecule has 0 saturated carbocycles. The lowest BCUT2D eigenvalue weighted by Gasteiger charge is -2.12. The summed E-state index contributed by atoms with van der Waals surface area (Å²) in [5.41, 5.74) is 14.6. The number of hydrogen-bond donors (Lipinski definition) is 3. The van der Waals surface area contributed by atoms with Gasteiger partial charge in [-0.15, -0.1) is 0 Å². The molecule has 0 spiro atoms. The predicted molar refractivity (Wildman–Crippen MR) is 110 cm³/mol. The molecular weight excluding hydrogens is 354 g/mol. The molecule has 1 amide bonds. The average molecular weight is 377 g/mol. The van der Waals surface area contributed by atoms with Gasteiger partial charge in [-0.25, -0.2) is 0 Å². The second-order valence-corrected chi connectivity index (χ2v) is 6.60. The van der Waals surface area contributed by atoms with Gasteiger partial charge in [0, 0.05) is 18.1 Å². The van der Waals surface area contributed by atoms with Crippen molar-refractivity contribution in [1.82, 2.24) is 4.57 Å². The number of ether oxygens (including phenoxy) is 1. The standard InChI is InChI=1S/C21H23N5O2/c1-3-18(23)21(27)25-14-6-4-5-13(9-14)12-28-15-7-8-19-16(10-15)17(11-22)20(24)26(19)2/h4-10,18H,3,12,23-24H2,1-2H3,(H,25,27)/t18-/m0/s1. The van der Waals surface area contributed by atoms with Crippen molar-refractivity contribution in [3.05, 3.63) is 53.6 Å². The molecular formula is C21H23N5O2. The maximum Gasteiger partial charge on any atom is 0.241 e. The van der Waals surface area contributed by atoms with Gasteiger partial charge in [-0.2, -0.15) is 5.26 Å². The van der Waals surface area contributed by atoms with E-state index in [1.165, 1.54) is 0 Å². The molecule has 3 aromatic rings. The van der Waals surface area contributed by atoms with Crippen LogP contribution in [0.5, 0.6) is 5.75 Å². The van der Waals surface area contributed by atoms with Crippen molar-refractivity contribution < 1.29 is 9.53 Å². The Labute approximate surface area is 163 Å². The molecule has 0 unspecified atom stereocenters. The van der Waals surface area contributed by atoms with E-state index in [4.69, 9.17) is 16.2 Å². The van der Waals surface area contributed by atoms with Crippen molar-refractivity contribution in [3.63, 3.8) is 0 Å². The van der Waals surface area contributed by atoms with E-state index in [1.807, 2.05) is 56.4 Å². The highest BCUT2D eigenvalue weighted by Crippen LogP contribution is 2.30. The van der Waals surface area contributed by atoms with Crippen molar-refractivity contribution >= 4 is 28.3 Å². The smallest absolute Gasteiger partial charge is 0.241 e. The first-order valence-electron chi connectivity index (χ1n) is 9.00. The molecule has 7 nitrogen and oxygen atoms in total. The Morgan fingerprint density at radius 2 is 2.11 bits per heavy atom. The van der Waals surface area contributed by atoms with Crippen LogP contribution in [0.2, 0.25) is 0 Å². The second kappa shape index (κ2) is 8.03. The van der Waals surface area contributed by atoms with Crippen molar-refractivity contribution in [3.8, 4) is 11.8 Å². The van der Waals surface area contributed by atoms with Gasteiger partial charge in [0.25, 0.3) is 0 Å². The highest BCUT2D eigenvalue weighted by molar-refractivity contribution is 5.94. The molecule has 0 aliphatic heterocycles. The minimum atomic E-state index is -0.528. The van der Waals surface area contributed by atoms with Gasteiger partial charge < -0.3 is 26.1 Å². The molecule has 28 heavy (non-hydrogen) atoms. The van der Waals surface area contributed by atoms with Crippen molar-refractivity contribution in [1.29, 1.82) is 5.26 Å². The first kappa shape index (κ1) is 19.3. The van der Waals surface area contributed by atoms with Crippen LogP contribution < -0.4 is 21.5 Å². The van der Waals surface area contributed by atoms with Crippen LogP contribution in [-0.2, 0) is 18.4 Å². The molecule has 0 saturated heterocycles. The summed E-state index contributed by atoms with van der Waals surface area (Å²) in [6.07, 6.45) is 0.575. The Hall–Kier alpha value is -3.50. The van der Waals surface area contributed by atoms with E-state index in [0.29, 0.717) is 35.8 Å². The van der Waals surface area contributed by atoms with Gasteiger partial charge in [0.2, 0.25) is 5.91 Å². The number of nitrogen functional groups attached to an aromatic ring is 1. The number of hydrogen-bond acceptors (Lipinski definition) is 5. The first-order chi connectivity index (χ1) is 13.4. The van der Waals surface area contributed by atoms with E-state index in [9.17, 15) is 10.1 Å². The number of anilines is 2. The maximum atomic E-state index is 11.9. The Bertz CT molecular complexity index is 1060. The van der Waals surface area contributed by atoms with Gasteiger partial charge in [0.15, 0.2) is 0 Å². The molecule has 1 aromatic heterocycles. The SMILES string of the molecule is CC[C@H](N)C(=O)Nc1cccc(COc2ccc3c(c2)c(C#N)c(N)n3C)c1.